The average molecular weight is 442 g/mol. The summed E-state index contributed by atoms with van der Waals surface area (Å²) in [7, 11) is 0. The molecule has 0 aromatic heterocycles. The third-order valence-corrected chi connectivity index (χ3v) is 5.60. The van der Waals surface area contributed by atoms with Crippen molar-refractivity contribution in [2.45, 2.75) is 96.8 Å². The van der Waals surface area contributed by atoms with Crippen molar-refractivity contribution in [1.82, 2.24) is 0 Å². The molecule has 2 aromatic rings. The molecule has 4 heteroatoms. The normalized spacial score (nSPS) is 10.4. The number of unbranched alkanes of at least 4 members (excludes halogenated alkanes) is 12. The molecule has 0 aliphatic rings. The van der Waals surface area contributed by atoms with Crippen molar-refractivity contribution in [2.75, 3.05) is 5.73 Å². The highest BCUT2D eigenvalue weighted by Crippen LogP contribution is 2.30. The lowest BCUT2D eigenvalue weighted by Gasteiger charge is -2.05. The van der Waals surface area contributed by atoms with E-state index in [0.29, 0.717) is 12.1 Å². The largest absolute Gasteiger partial charge is 0.507 e. The summed E-state index contributed by atoms with van der Waals surface area (Å²) in [5.74, 6) is -0.400. The Balaban J connectivity index is 0.000000328. The molecule has 0 spiro atoms. The molecule has 0 aliphatic heterocycles. The Bertz CT molecular complexity index is 731. The second-order valence-corrected chi connectivity index (χ2v) is 8.53. The van der Waals surface area contributed by atoms with E-state index in [2.05, 4.69) is 6.92 Å². The van der Waals surface area contributed by atoms with Gasteiger partial charge in [0.1, 0.15) is 5.75 Å². The van der Waals surface area contributed by atoms with E-state index in [4.69, 9.17) is 10.8 Å². The van der Waals surface area contributed by atoms with Gasteiger partial charge in [-0.1, -0.05) is 114 Å². The molecule has 4 N–H and O–H groups in total. The number of phenolic OH excluding ortho intramolecular Hbond substituents is 1. The number of rotatable bonds is 15. The zero-order valence-corrected chi connectivity index (χ0v) is 19.9. The average Bonchev–Trinajstić information content (AvgIpc) is 2.79. The van der Waals surface area contributed by atoms with Crippen molar-refractivity contribution in [3.63, 3.8) is 0 Å². The molecule has 0 amide bonds. The van der Waals surface area contributed by atoms with Gasteiger partial charge in [-0.25, -0.2) is 0 Å². The van der Waals surface area contributed by atoms with Crippen molar-refractivity contribution in [3.8, 4) is 16.9 Å². The highest BCUT2D eigenvalue weighted by Gasteiger charge is 2.03. The van der Waals surface area contributed by atoms with Crippen molar-refractivity contribution < 1.29 is 15.0 Å². The monoisotopic (exact) mass is 441 g/mol. The summed E-state index contributed by atoms with van der Waals surface area (Å²) in [4.78, 5) is 10.3. The molecule has 32 heavy (non-hydrogen) atoms. The van der Waals surface area contributed by atoms with Crippen LogP contribution >= 0.6 is 0 Å². The van der Waals surface area contributed by atoms with Crippen LogP contribution in [0.1, 0.15) is 96.8 Å². The van der Waals surface area contributed by atoms with Crippen LogP contribution in [-0.2, 0) is 4.79 Å². The number of nitrogens with two attached hydrogens (primary N) is 1. The molecule has 0 bridgehead atoms. The molecule has 2 aromatic carbocycles. The summed E-state index contributed by atoms with van der Waals surface area (Å²) >= 11 is 0. The first-order valence-electron chi connectivity index (χ1n) is 12.4. The van der Waals surface area contributed by atoms with Crippen molar-refractivity contribution >= 4 is 11.7 Å². The van der Waals surface area contributed by atoms with Crippen LogP contribution in [0.4, 0.5) is 5.69 Å². The summed E-state index contributed by atoms with van der Waals surface area (Å²) in [6, 6.07) is 14.7. The summed E-state index contributed by atoms with van der Waals surface area (Å²) in [5, 5.41) is 18.1. The van der Waals surface area contributed by atoms with Gasteiger partial charge in [0.25, 0.3) is 0 Å². The molecule has 4 nitrogen and oxygen atoms in total. The van der Waals surface area contributed by atoms with E-state index < -0.39 is 5.97 Å². The van der Waals surface area contributed by atoms with Gasteiger partial charge in [0.15, 0.2) is 0 Å². The number of hydrogen-bond acceptors (Lipinski definition) is 3. The Hall–Kier alpha value is -2.49. The quantitative estimate of drug-likeness (QED) is 0.148. The van der Waals surface area contributed by atoms with Crippen LogP contribution < -0.4 is 5.73 Å². The summed E-state index contributed by atoms with van der Waals surface area (Å²) in [5.41, 5.74) is 8.05. The zero-order valence-electron chi connectivity index (χ0n) is 19.9. The number of carboxylic acids is 1. The summed E-state index contributed by atoms with van der Waals surface area (Å²) in [6.45, 7) is 2.26. The number of anilines is 1. The molecule has 0 radical (unpaired) electrons. The van der Waals surface area contributed by atoms with Crippen molar-refractivity contribution in [1.29, 1.82) is 0 Å². The molecule has 0 atom stereocenters. The van der Waals surface area contributed by atoms with E-state index in [9.17, 15) is 9.90 Å². The highest BCUT2D eigenvalue weighted by atomic mass is 16.4. The van der Waals surface area contributed by atoms with Crippen LogP contribution in [0, 0.1) is 0 Å². The smallest absolute Gasteiger partial charge is 0.303 e. The SMILES string of the molecule is CCCCCCCCCCCCCCCC(=O)O.Nc1ccc(O)c(-c2ccccc2)c1. The van der Waals surface area contributed by atoms with Crippen LogP contribution in [0.5, 0.6) is 5.75 Å². The van der Waals surface area contributed by atoms with Gasteiger partial charge < -0.3 is 15.9 Å². The van der Waals surface area contributed by atoms with Gasteiger partial charge in [0, 0.05) is 17.7 Å². The number of nitrogen functional groups attached to an aromatic ring is 1. The van der Waals surface area contributed by atoms with E-state index in [1.807, 2.05) is 30.3 Å². The number of phenols is 1. The second-order valence-electron chi connectivity index (χ2n) is 8.53. The van der Waals surface area contributed by atoms with E-state index in [-0.39, 0.29) is 5.75 Å². The predicted octanol–water partition coefficient (Wildman–Crippen LogP) is 8.19. The molecule has 0 saturated carbocycles. The predicted molar refractivity (Wildman–Crippen MR) is 136 cm³/mol. The number of aliphatic carboxylic acids is 1. The standard InChI is InChI=1S/C16H32O2.C12H11NO/c1-2-3-4-5-6-7-8-9-10-11-12-13-14-15-16(17)18;13-10-6-7-12(14)11(8-10)9-4-2-1-3-5-9/h2-15H2,1H3,(H,17,18);1-8,14H,13H2. The van der Waals surface area contributed by atoms with Crippen LogP contribution in [0.3, 0.4) is 0 Å². The Labute approximate surface area is 194 Å². The first-order valence-corrected chi connectivity index (χ1v) is 12.4. The lowest BCUT2D eigenvalue weighted by Crippen LogP contribution is -1.93. The lowest BCUT2D eigenvalue weighted by atomic mass is 10.0. The molecule has 0 aliphatic carbocycles. The molecule has 2 rings (SSSR count). The van der Waals surface area contributed by atoms with E-state index in [1.54, 1.807) is 18.2 Å². The maximum absolute atomic E-state index is 10.3. The minimum Gasteiger partial charge on any atom is -0.507 e. The summed E-state index contributed by atoms with van der Waals surface area (Å²) in [6.07, 6.45) is 17.3. The second kappa shape index (κ2) is 18.1. The van der Waals surface area contributed by atoms with E-state index in [1.165, 1.54) is 70.6 Å². The molecular weight excluding hydrogens is 398 g/mol. The third-order valence-electron chi connectivity index (χ3n) is 5.60. The fourth-order valence-corrected chi connectivity index (χ4v) is 3.70. The fraction of sp³-hybridized carbons (Fsp3) is 0.536. The molecule has 0 heterocycles. The molecule has 0 fully saturated rings. The van der Waals surface area contributed by atoms with Gasteiger partial charge in [-0.2, -0.15) is 0 Å². The zero-order chi connectivity index (χ0) is 23.4. The topological polar surface area (TPSA) is 83.5 Å². The van der Waals surface area contributed by atoms with Gasteiger partial charge in [0.2, 0.25) is 0 Å². The van der Waals surface area contributed by atoms with Crippen LogP contribution in [0.25, 0.3) is 11.1 Å². The summed E-state index contributed by atoms with van der Waals surface area (Å²) < 4.78 is 0. The molecular formula is C28H43NO3. The minimum atomic E-state index is -0.655. The maximum atomic E-state index is 10.3. The first kappa shape index (κ1) is 27.5. The van der Waals surface area contributed by atoms with Gasteiger partial charge in [-0.15, -0.1) is 0 Å². The van der Waals surface area contributed by atoms with E-state index in [0.717, 1.165) is 24.0 Å². The molecule has 0 unspecified atom stereocenters. The number of hydrogen-bond donors (Lipinski definition) is 3. The highest BCUT2D eigenvalue weighted by molar-refractivity contribution is 5.73. The van der Waals surface area contributed by atoms with Gasteiger partial charge >= 0.3 is 5.97 Å². The Kier molecular flexibility index (Phi) is 15.6. The minimum absolute atomic E-state index is 0.255. The number of carboxylic acid groups (broad SMARTS) is 1. The number of benzene rings is 2. The van der Waals surface area contributed by atoms with Gasteiger partial charge in [-0.3, -0.25) is 4.79 Å². The third kappa shape index (κ3) is 13.7. The fourth-order valence-electron chi connectivity index (χ4n) is 3.70. The van der Waals surface area contributed by atoms with Gasteiger partial charge in [-0.05, 0) is 30.2 Å². The van der Waals surface area contributed by atoms with Crippen LogP contribution in [0.2, 0.25) is 0 Å². The number of aromatic hydroxyl groups is 1. The van der Waals surface area contributed by atoms with Crippen molar-refractivity contribution in [2.24, 2.45) is 0 Å². The van der Waals surface area contributed by atoms with E-state index >= 15 is 0 Å². The first-order chi connectivity index (χ1) is 15.5. The maximum Gasteiger partial charge on any atom is 0.303 e. The Morgan fingerprint density at radius 3 is 1.75 bits per heavy atom. The van der Waals surface area contributed by atoms with Crippen LogP contribution in [-0.4, -0.2) is 16.2 Å². The van der Waals surface area contributed by atoms with Crippen molar-refractivity contribution in [3.05, 3.63) is 48.5 Å². The Morgan fingerprint density at radius 2 is 1.25 bits per heavy atom. The van der Waals surface area contributed by atoms with Gasteiger partial charge in [0.05, 0.1) is 0 Å². The Morgan fingerprint density at radius 1 is 0.750 bits per heavy atom. The molecule has 0 saturated heterocycles. The lowest BCUT2D eigenvalue weighted by molar-refractivity contribution is -0.137. The van der Waals surface area contributed by atoms with Crippen LogP contribution in [0.15, 0.2) is 48.5 Å². The molecule has 178 valence electrons. The number of carbonyl (C=O) groups is 1.